The standard InChI is InChI=1S/C12H18N2O2/c1-8(2)5-6-16-11-7-10(15)13-12(14-11)9-3-4-9/h7-9H,3-6H2,1-2H3,(H,13,14,15). The summed E-state index contributed by atoms with van der Waals surface area (Å²) in [4.78, 5) is 18.4. The van der Waals surface area contributed by atoms with Crippen LogP contribution in [0.1, 0.15) is 44.9 Å². The van der Waals surface area contributed by atoms with Crippen molar-refractivity contribution in [3.8, 4) is 5.88 Å². The van der Waals surface area contributed by atoms with Gasteiger partial charge in [-0.25, -0.2) is 0 Å². The number of aromatic nitrogens is 2. The Labute approximate surface area is 95.1 Å². The molecule has 0 saturated heterocycles. The molecule has 0 atom stereocenters. The number of hydrogen-bond acceptors (Lipinski definition) is 3. The van der Waals surface area contributed by atoms with Crippen LogP contribution in [-0.4, -0.2) is 16.6 Å². The maximum absolute atomic E-state index is 11.4. The lowest BCUT2D eigenvalue weighted by Gasteiger charge is -2.07. The molecule has 0 unspecified atom stereocenters. The lowest BCUT2D eigenvalue weighted by molar-refractivity contribution is 0.277. The minimum atomic E-state index is -0.114. The van der Waals surface area contributed by atoms with Gasteiger partial charge in [0.1, 0.15) is 5.82 Å². The van der Waals surface area contributed by atoms with E-state index in [-0.39, 0.29) is 5.56 Å². The Bertz CT molecular complexity index is 408. The first kappa shape index (κ1) is 11.2. The average Bonchev–Trinajstić information content (AvgIpc) is 2.99. The summed E-state index contributed by atoms with van der Waals surface area (Å²) in [6, 6.07) is 1.42. The molecular formula is C12H18N2O2. The second kappa shape index (κ2) is 4.68. The van der Waals surface area contributed by atoms with Crippen molar-refractivity contribution in [3.05, 3.63) is 22.2 Å². The van der Waals surface area contributed by atoms with Crippen molar-refractivity contribution in [2.75, 3.05) is 6.61 Å². The Morgan fingerprint density at radius 2 is 2.31 bits per heavy atom. The predicted molar refractivity (Wildman–Crippen MR) is 61.8 cm³/mol. The molecule has 0 bridgehead atoms. The Balaban J connectivity index is 2.00. The fourth-order valence-electron chi connectivity index (χ4n) is 1.48. The minimum Gasteiger partial charge on any atom is -0.477 e. The van der Waals surface area contributed by atoms with Crippen LogP contribution in [0, 0.1) is 5.92 Å². The molecule has 0 amide bonds. The smallest absolute Gasteiger partial charge is 0.254 e. The third kappa shape index (κ3) is 3.08. The van der Waals surface area contributed by atoms with Gasteiger partial charge in [0.05, 0.1) is 12.7 Å². The lowest BCUT2D eigenvalue weighted by atomic mass is 10.1. The van der Waals surface area contributed by atoms with E-state index in [1.807, 2.05) is 0 Å². The van der Waals surface area contributed by atoms with Crippen LogP contribution in [0.4, 0.5) is 0 Å². The van der Waals surface area contributed by atoms with E-state index in [2.05, 4.69) is 23.8 Å². The van der Waals surface area contributed by atoms with Gasteiger partial charge < -0.3 is 9.72 Å². The Morgan fingerprint density at radius 3 is 2.94 bits per heavy atom. The van der Waals surface area contributed by atoms with E-state index in [9.17, 15) is 4.79 Å². The van der Waals surface area contributed by atoms with Crippen molar-refractivity contribution in [2.45, 2.75) is 39.0 Å². The van der Waals surface area contributed by atoms with Crippen molar-refractivity contribution < 1.29 is 4.74 Å². The monoisotopic (exact) mass is 222 g/mol. The fourth-order valence-corrected chi connectivity index (χ4v) is 1.48. The Morgan fingerprint density at radius 1 is 1.56 bits per heavy atom. The summed E-state index contributed by atoms with van der Waals surface area (Å²) in [7, 11) is 0. The highest BCUT2D eigenvalue weighted by molar-refractivity contribution is 5.13. The first-order chi connectivity index (χ1) is 7.65. The molecule has 1 aromatic rings. The second-order valence-electron chi connectivity index (χ2n) is 4.77. The van der Waals surface area contributed by atoms with E-state index in [4.69, 9.17) is 4.74 Å². The minimum absolute atomic E-state index is 0.114. The number of rotatable bonds is 5. The van der Waals surface area contributed by atoms with Crippen LogP contribution in [0.15, 0.2) is 10.9 Å². The van der Waals surface area contributed by atoms with Crippen LogP contribution in [0.2, 0.25) is 0 Å². The number of nitrogens with zero attached hydrogens (tertiary/aromatic N) is 1. The summed E-state index contributed by atoms with van der Waals surface area (Å²) >= 11 is 0. The van der Waals surface area contributed by atoms with Crippen molar-refractivity contribution >= 4 is 0 Å². The zero-order valence-corrected chi connectivity index (χ0v) is 9.82. The summed E-state index contributed by atoms with van der Waals surface area (Å²) in [6.45, 7) is 4.91. The normalized spacial score (nSPS) is 15.4. The quantitative estimate of drug-likeness (QED) is 0.829. The molecule has 2 rings (SSSR count). The molecule has 88 valence electrons. The van der Waals surface area contributed by atoms with Gasteiger partial charge in [-0.1, -0.05) is 13.8 Å². The summed E-state index contributed by atoms with van der Waals surface area (Å²) in [5.41, 5.74) is -0.114. The van der Waals surface area contributed by atoms with Crippen molar-refractivity contribution in [3.63, 3.8) is 0 Å². The van der Waals surface area contributed by atoms with Gasteiger partial charge in [-0.15, -0.1) is 0 Å². The maximum atomic E-state index is 11.4. The topological polar surface area (TPSA) is 55.0 Å². The first-order valence-electron chi connectivity index (χ1n) is 5.89. The zero-order valence-electron chi connectivity index (χ0n) is 9.82. The highest BCUT2D eigenvalue weighted by Crippen LogP contribution is 2.37. The number of H-pyrrole nitrogens is 1. The van der Waals surface area contributed by atoms with Gasteiger partial charge in [-0.05, 0) is 25.2 Å². The highest BCUT2D eigenvalue weighted by Gasteiger charge is 2.26. The van der Waals surface area contributed by atoms with Crippen LogP contribution in [-0.2, 0) is 0 Å². The average molecular weight is 222 g/mol. The largest absolute Gasteiger partial charge is 0.477 e. The first-order valence-corrected chi connectivity index (χ1v) is 5.89. The van der Waals surface area contributed by atoms with Crippen LogP contribution in [0.25, 0.3) is 0 Å². The molecule has 1 aliphatic carbocycles. The third-order valence-electron chi connectivity index (χ3n) is 2.65. The molecule has 0 spiro atoms. The summed E-state index contributed by atoms with van der Waals surface area (Å²) in [5.74, 6) is 2.30. The van der Waals surface area contributed by atoms with Gasteiger partial charge in [-0.3, -0.25) is 4.79 Å². The Hall–Kier alpha value is -1.32. The molecule has 16 heavy (non-hydrogen) atoms. The van der Waals surface area contributed by atoms with E-state index in [0.717, 1.165) is 25.1 Å². The molecule has 1 aliphatic rings. The molecule has 1 heterocycles. The highest BCUT2D eigenvalue weighted by atomic mass is 16.5. The lowest BCUT2D eigenvalue weighted by Crippen LogP contribution is -2.12. The van der Waals surface area contributed by atoms with E-state index < -0.39 is 0 Å². The zero-order chi connectivity index (χ0) is 11.5. The molecule has 0 aliphatic heterocycles. The van der Waals surface area contributed by atoms with Crippen LogP contribution >= 0.6 is 0 Å². The van der Waals surface area contributed by atoms with Crippen molar-refractivity contribution in [2.24, 2.45) is 5.92 Å². The molecule has 4 heteroatoms. The molecule has 1 fully saturated rings. The summed E-state index contributed by atoms with van der Waals surface area (Å²) < 4.78 is 5.49. The van der Waals surface area contributed by atoms with E-state index in [0.29, 0.717) is 24.3 Å². The number of hydrogen-bond donors (Lipinski definition) is 1. The number of aromatic amines is 1. The number of ether oxygens (including phenoxy) is 1. The molecular weight excluding hydrogens is 204 g/mol. The molecule has 4 nitrogen and oxygen atoms in total. The third-order valence-corrected chi connectivity index (χ3v) is 2.65. The molecule has 1 saturated carbocycles. The maximum Gasteiger partial charge on any atom is 0.254 e. The van der Waals surface area contributed by atoms with Crippen LogP contribution < -0.4 is 10.3 Å². The predicted octanol–water partition coefficient (Wildman–Crippen LogP) is 2.07. The fraction of sp³-hybridized carbons (Fsp3) is 0.667. The summed E-state index contributed by atoms with van der Waals surface area (Å²) in [6.07, 6.45) is 3.23. The summed E-state index contributed by atoms with van der Waals surface area (Å²) in [5, 5.41) is 0. The van der Waals surface area contributed by atoms with Gasteiger partial charge in [0.2, 0.25) is 5.88 Å². The molecule has 1 aromatic heterocycles. The van der Waals surface area contributed by atoms with E-state index in [1.54, 1.807) is 0 Å². The second-order valence-corrected chi connectivity index (χ2v) is 4.77. The number of nitrogens with one attached hydrogen (secondary N) is 1. The van der Waals surface area contributed by atoms with Gasteiger partial charge in [0, 0.05) is 5.92 Å². The van der Waals surface area contributed by atoms with E-state index >= 15 is 0 Å². The molecule has 0 radical (unpaired) electrons. The van der Waals surface area contributed by atoms with Crippen LogP contribution in [0.5, 0.6) is 5.88 Å². The van der Waals surface area contributed by atoms with Crippen LogP contribution in [0.3, 0.4) is 0 Å². The van der Waals surface area contributed by atoms with Gasteiger partial charge >= 0.3 is 0 Å². The Kier molecular flexibility index (Phi) is 3.27. The van der Waals surface area contributed by atoms with Gasteiger partial charge in [0.25, 0.3) is 5.56 Å². The van der Waals surface area contributed by atoms with Gasteiger partial charge in [-0.2, -0.15) is 4.98 Å². The SMILES string of the molecule is CC(C)CCOc1cc(=O)[nH]c(C2CC2)n1. The van der Waals surface area contributed by atoms with Crippen molar-refractivity contribution in [1.29, 1.82) is 0 Å². The van der Waals surface area contributed by atoms with Gasteiger partial charge in [0.15, 0.2) is 0 Å². The molecule has 1 N–H and O–H groups in total. The van der Waals surface area contributed by atoms with E-state index in [1.165, 1.54) is 6.07 Å². The van der Waals surface area contributed by atoms with Crippen molar-refractivity contribution in [1.82, 2.24) is 9.97 Å². The molecule has 0 aromatic carbocycles.